The molecule has 66 valence electrons. The highest BCUT2D eigenvalue weighted by molar-refractivity contribution is 7.71. The summed E-state index contributed by atoms with van der Waals surface area (Å²) >= 11 is 4.93. The first-order valence-electron chi connectivity index (χ1n) is 3.74. The van der Waals surface area contributed by atoms with Crippen molar-refractivity contribution in [3.63, 3.8) is 0 Å². The van der Waals surface area contributed by atoms with Gasteiger partial charge < -0.3 is 0 Å². The predicted octanol–water partition coefficient (Wildman–Crippen LogP) is 1.22. The lowest BCUT2D eigenvalue weighted by Crippen LogP contribution is -2.14. The molecule has 0 spiro atoms. The number of nitrogens with zero attached hydrogens (tertiary/aromatic N) is 1. The number of nitrogens with one attached hydrogen (secondary N) is 2. The lowest BCUT2D eigenvalue weighted by Gasteiger charge is -1.97. The normalized spacial score (nSPS) is 10.2. The van der Waals surface area contributed by atoms with Crippen LogP contribution in [0, 0.1) is 4.77 Å². The van der Waals surface area contributed by atoms with Crippen LogP contribution in [0.25, 0.3) is 5.69 Å². The lowest BCUT2D eigenvalue weighted by atomic mass is 10.3. The van der Waals surface area contributed by atoms with E-state index in [2.05, 4.69) is 10.2 Å². The van der Waals surface area contributed by atoms with Gasteiger partial charge >= 0.3 is 5.69 Å². The molecule has 1 aromatic carbocycles. The molecular weight excluding hydrogens is 186 g/mol. The summed E-state index contributed by atoms with van der Waals surface area (Å²) in [4.78, 5) is 11.2. The summed E-state index contributed by atoms with van der Waals surface area (Å²) in [6, 6.07) is 9.22. The highest BCUT2D eigenvalue weighted by atomic mass is 32.1. The number of aromatic nitrogens is 3. The maximum Gasteiger partial charge on any atom is 0.347 e. The van der Waals surface area contributed by atoms with Crippen LogP contribution in [0.1, 0.15) is 0 Å². The molecule has 5 heteroatoms. The fourth-order valence-electron chi connectivity index (χ4n) is 1.12. The first-order valence-corrected chi connectivity index (χ1v) is 4.15. The van der Waals surface area contributed by atoms with Crippen LogP contribution in [0.3, 0.4) is 0 Å². The van der Waals surface area contributed by atoms with Crippen LogP contribution in [0.5, 0.6) is 0 Å². The number of aromatic amines is 2. The third kappa shape index (κ3) is 1.33. The molecule has 0 amide bonds. The van der Waals surface area contributed by atoms with Gasteiger partial charge in [0.05, 0.1) is 5.69 Å². The minimum absolute atomic E-state index is 0.254. The number of para-hydroxylation sites is 1. The summed E-state index contributed by atoms with van der Waals surface area (Å²) in [6.45, 7) is 0. The van der Waals surface area contributed by atoms with E-state index in [-0.39, 0.29) is 5.69 Å². The number of benzene rings is 1. The minimum Gasteiger partial charge on any atom is -0.272 e. The standard InChI is InChI=1S/C8H7N3OS/c12-7-9-10-8(13)11(7)6-4-2-1-3-5-6/h1-5H,(H,9,12)(H,10,13). The second-order valence-corrected chi connectivity index (χ2v) is 2.92. The molecule has 2 rings (SSSR count). The Labute approximate surface area is 78.8 Å². The monoisotopic (exact) mass is 193 g/mol. The highest BCUT2D eigenvalue weighted by Gasteiger charge is 2.00. The fourth-order valence-corrected chi connectivity index (χ4v) is 1.36. The van der Waals surface area contributed by atoms with Crippen molar-refractivity contribution in [3.8, 4) is 5.69 Å². The van der Waals surface area contributed by atoms with E-state index in [4.69, 9.17) is 12.2 Å². The number of H-pyrrole nitrogens is 2. The van der Waals surface area contributed by atoms with Gasteiger partial charge in [-0.1, -0.05) is 18.2 Å². The molecule has 0 unspecified atom stereocenters. The van der Waals surface area contributed by atoms with Crippen LogP contribution in [0.2, 0.25) is 0 Å². The summed E-state index contributed by atoms with van der Waals surface area (Å²) in [5.74, 6) is 0. The highest BCUT2D eigenvalue weighted by Crippen LogP contribution is 2.02. The van der Waals surface area contributed by atoms with E-state index in [1.165, 1.54) is 4.57 Å². The van der Waals surface area contributed by atoms with Crippen LogP contribution in [0.4, 0.5) is 0 Å². The Morgan fingerprint density at radius 3 is 2.38 bits per heavy atom. The Morgan fingerprint density at radius 1 is 1.15 bits per heavy atom. The van der Waals surface area contributed by atoms with Crippen LogP contribution in [-0.2, 0) is 0 Å². The molecule has 0 bridgehead atoms. The van der Waals surface area contributed by atoms with Crippen molar-refractivity contribution in [1.29, 1.82) is 0 Å². The summed E-state index contributed by atoms with van der Waals surface area (Å²) in [6.07, 6.45) is 0. The first-order chi connectivity index (χ1) is 6.29. The molecule has 1 aromatic heterocycles. The average Bonchev–Trinajstić information content (AvgIpc) is 2.48. The van der Waals surface area contributed by atoms with Gasteiger partial charge in [-0.05, 0) is 24.4 Å². The van der Waals surface area contributed by atoms with Crippen LogP contribution in [-0.4, -0.2) is 14.8 Å². The number of hydrogen-bond acceptors (Lipinski definition) is 2. The zero-order chi connectivity index (χ0) is 9.26. The van der Waals surface area contributed by atoms with Crippen LogP contribution >= 0.6 is 12.2 Å². The molecule has 0 aliphatic rings. The van der Waals surface area contributed by atoms with Gasteiger partial charge in [0.2, 0.25) is 4.77 Å². The Bertz CT molecular complexity index is 480. The smallest absolute Gasteiger partial charge is 0.272 e. The van der Waals surface area contributed by atoms with E-state index in [9.17, 15) is 4.79 Å². The van der Waals surface area contributed by atoms with E-state index in [1.807, 2.05) is 30.3 Å². The van der Waals surface area contributed by atoms with Crippen molar-refractivity contribution in [2.45, 2.75) is 0 Å². The molecule has 0 aliphatic carbocycles. The molecule has 2 N–H and O–H groups in total. The Balaban J connectivity index is 2.73. The largest absolute Gasteiger partial charge is 0.347 e. The molecule has 0 aliphatic heterocycles. The van der Waals surface area contributed by atoms with Gasteiger partial charge in [-0.15, -0.1) is 0 Å². The van der Waals surface area contributed by atoms with Crippen LogP contribution < -0.4 is 5.69 Å². The molecule has 0 saturated heterocycles. The van der Waals surface area contributed by atoms with Crippen molar-refractivity contribution in [2.24, 2.45) is 0 Å². The predicted molar refractivity (Wildman–Crippen MR) is 51.6 cm³/mol. The van der Waals surface area contributed by atoms with Crippen molar-refractivity contribution in [2.75, 3.05) is 0 Å². The number of rotatable bonds is 1. The summed E-state index contributed by atoms with van der Waals surface area (Å²) < 4.78 is 1.77. The van der Waals surface area contributed by atoms with Crippen LogP contribution in [0.15, 0.2) is 35.1 Å². The van der Waals surface area contributed by atoms with Crippen molar-refractivity contribution < 1.29 is 0 Å². The van der Waals surface area contributed by atoms with E-state index in [0.29, 0.717) is 4.77 Å². The molecule has 0 radical (unpaired) electrons. The average molecular weight is 193 g/mol. The maximum absolute atomic E-state index is 11.2. The van der Waals surface area contributed by atoms with Gasteiger partial charge in [0.15, 0.2) is 0 Å². The Hall–Kier alpha value is -1.62. The van der Waals surface area contributed by atoms with Gasteiger partial charge in [-0.3, -0.25) is 5.10 Å². The molecule has 0 saturated carbocycles. The minimum atomic E-state index is -0.254. The van der Waals surface area contributed by atoms with Crippen molar-refractivity contribution in [1.82, 2.24) is 14.8 Å². The zero-order valence-electron chi connectivity index (χ0n) is 6.65. The molecule has 0 atom stereocenters. The topological polar surface area (TPSA) is 53.6 Å². The summed E-state index contributed by atoms with van der Waals surface area (Å²) in [5, 5.41) is 4.99. The van der Waals surface area contributed by atoms with Gasteiger partial charge in [-0.25, -0.2) is 14.5 Å². The summed E-state index contributed by atoms with van der Waals surface area (Å²) in [5.41, 5.74) is 0.506. The molecule has 4 nitrogen and oxygen atoms in total. The van der Waals surface area contributed by atoms with Gasteiger partial charge in [0.1, 0.15) is 0 Å². The van der Waals surface area contributed by atoms with Crippen molar-refractivity contribution >= 4 is 12.2 Å². The molecule has 0 fully saturated rings. The van der Waals surface area contributed by atoms with Gasteiger partial charge in [0.25, 0.3) is 0 Å². The molecular formula is C8H7N3OS. The molecule has 13 heavy (non-hydrogen) atoms. The third-order valence-electron chi connectivity index (χ3n) is 1.70. The molecule has 1 heterocycles. The van der Waals surface area contributed by atoms with E-state index in [0.717, 1.165) is 5.69 Å². The first kappa shape index (κ1) is 8.00. The van der Waals surface area contributed by atoms with Crippen molar-refractivity contribution in [3.05, 3.63) is 45.6 Å². The Morgan fingerprint density at radius 2 is 1.85 bits per heavy atom. The molecule has 2 aromatic rings. The summed E-state index contributed by atoms with van der Waals surface area (Å²) in [7, 11) is 0. The maximum atomic E-state index is 11.2. The zero-order valence-corrected chi connectivity index (χ0v) is 7.47. The quantitative estimate of drug-likeness (QED) is 0.669. The van der Waals surface area contributed by atoms with Gasteiger partial charge in [-0.2, -0.15) is 0 Å². The van der Waals surface area contributed by atoms with E-state index < -0.39 is 0 Å². The number of hydrogen-bond donors (Lipinski definition) is 2. The second-order valence-electron chi connectivity index (χ2n) is 2.53. The Kier molecular flexibility index (Phi) is 1.86. The van der Waals surface area contributed by atoms with E-state index >= 15 is 0 Å². The SMILES string of the molecule is O=c1[nH][nH]c(=S)n1-c1ccccc1. The van der Waals surface area contributed by atoms with Gasteiger partial charge in [0, 0.05) is 0 Å². The second kappa shape index (κ2) is 3.02. The third-order valence-corrected chi connectivity index (χ3v) is 1.98. The van der Waals surface area contributed by atoms with E-state index in [1.54, 1.807) is 0 Å². The fraction of sp³-hybridized carbons (Fsp3) is 0. The lowest BCUT2D eigenvalue weighted by molar-refractivity contribution is 0.975.